The second-order valence-electron chi connectivity index (χ2n) is 7.31. The maximum atomic E-state index is 12.3. The fourth-order valence-electron chi connectivity index (χ4n) is 3.70. The number of rotatable bonds is 7. The summed E-state index contributed by atoms with van der Waals surface area (Å²) in [6, 6.07) is 21.3. The number of fused-ring (bicyclic) bond motifs is 1. The first-order valence-corrected chi connectivity index (χ1v) is 10.4. The van der Waals surface area contributed by atoms with E-state index in [-0.39, 0.29) is 23.8 Å². The Morgan fingerprint density at radius 2 is 1.71 bits per heavy atom. The highest BCUT2D eigenvalue weighted by Gasteiger charge is 2.33. The second kappa shape index (κ2) is 9.88. The van der Waals surface area contributed by atoms with Crippen LogP contribution in [0.15, 0.2) is 78.2 Å². The van der Waals surface area contributed by atoms with Crippen molar-refractivity contribution in [3.8, 4) is 34.8 Å². The fourth-order valence-corrected chi connectivity index (χ4v) is 3.70. The fraction of sp³-hybridized carbons (Fsp3) is 0.154. The number of carbonyl (C=O) groups excluding carboxylic acids is 1. The van der Waals surface area contributed by atoms with Gasteiger partial charge in [0.2, 0.25) is 5.88 Å². The molecule has 8 heteroatoms. The number of hydrogen-bond acceptors (Lipinski definition) is 8. The van der Waals surface area contributed by atoms with Crippen LogP contribution in [0.2, 0.25) is 0 Å². The quantitative estimate of drug-likeness (QED) is 0.419. The predicted molar refractivity (Wildman–Crippen MR) is 123 cm³/mol. The van der Waals surface area contributed by atoms with Gasteiger partial charge in [0.1, 0.15) is 40.4 Å². The molecule has 34 heavy (non-hydrogen) atoms. The molecule has 0 saturated heterocycles. The molecule has 0 aromatic heterocycles. The summed E-state index contributed by atoms with van der Waals surface area (Å²) < 4.78 is 27.4. The molecular weight excluding hydrogens is 436 g/mol. The van der Waals surface area contributed by atoms with Crippen LogP contribution >= 0.6 is 0 Å². The normalized spacial score (nSPS) is 14.3. The Morgan fingerprint density at radius 1 is 0.971 bits per heavy atom. The van der Waals surface area contributed by atoms with Gasteiger partial charge in [-0.05, 0) is 24.3 Å². The van der Waals surface area contributed by atoms with E-state index < -0.39 is 11.9 Å². The van der Waals surface area contributed by atoms with Crippen molar-refractivity contribution in [2.75, 3.05) is 20.8 Å². The van der Waals surface area contributed by atoms with Crippen molar-refractivity contribution < 1.29 is 28.5 Å². The van der Waals surface area contributed by atoms with E-state index in [1.807, 2.05) is 24.3 Å². The molecule has 0 aliphatic carbocycles. The summed E-state index contributed by atoms with van der Waals surface area (Å²) in [4.78, 5) is 12.3. The molecule has 0 spiro atoms. The van der Waals surface area contributed by atoms with Gasteiger partial charge >= 0.3 is 5.97 Å². The highest BCUT2D eigenvalue weighted by Crippen LogP contribution is 2.46. The smallest absolute Gasteiger partial charge is 0.349 e. The van der Waals surface area contributed by atoms with Crippen LogP contribution < -0.4 is 29.4 Å². The first-order chi connectivity index (χ1) is 16.5. The Morgan fingerprint density at radius 3 is 2.41 bits per heavy atom. The van der Waals surface area contributed by atoms with Crippen LogP contribution in [0.25, 0.3) is 0 Å². The number of nitriles is 1. The van der Waals surface area contributed by atoms with Crippen molar-refractivity contribution >= 4 is 5.97 Å². The van der Waals surface area contributed by atoms with Crippen LogP contribution in [-0.2, 0) is 4.79 Å². The minimum absolute atomic E-state index is 0.0336. The molecular formula is C26H22N2O6. The van der Waals surface area contributed by atoms with Crippen molar-refractivity contribution in [1.29, 1.82) is 5.26 Å². The predicted octanol–water partition coefficient (Wildman–Crippen LogP) is 3.91. The Bertz CT molecular complexity index is 1280. The van der Waals surface area contributed by atoms with Gasteiger partial charge in [-0.25, -0.2) is 4.79 Å². The summed E-state index contributed by atoms with van der Waals surface area (Å²) in [6.45, 7) is -0.256. The third kappa shape index (κ3) is 4.59. The molecule has 3 aromatic carbocycles. The van der Waals surface area contributed by atoms with Gasteiger partial charge in [0, 0.05) is 23.3 Å². The zero-order valence-electron chi connectivity index (χ0n) is 18.6. The van der Waals surface area contributed by atoms with E-state index in [9.17, 15) is 10.1 Å². The monoisotopic (exact) mass is 458 g/mol. The molecule has 1 atom stereocenters. The van der Waals surface area contributed by atoms with Gasteiger partial charge in [0.05, 0.1) is 20.1 Å². The largest absolute Gasteiger partial charge is 0.497 e. The molecule has 0 amide bonds. The number of ether oxygens (including phenoxy) is 5. The van der Waals surface area contributed by atoms with Gasteiger partial charge in [0.25, 0.3) is 0 Å². The molecule has 1 aliphatic heterocycles. The molecule has 2 N–H and O–H groups in total. The molecule has 1 unspecified atom stereocenters. The third-order valence-electron chi connectivity index (χ3n) is 5.27. The number of nitrogens with zero attached hydrogens (tertiary/aromatic N) is 1. The van der Waals surface area contributed by atoms with E-state index in [2.05, 4.69) is 6.07 Å². The molecule has 3 aromatic rings. The Labute approximate surface area is 196 Å². The van der Waals surface area contributed by atoms with E-state index in [1.54, 1.807) is 49.6 Å². The summed E-state index contributed by atoms with van der Waals surface area (Å²) in [5.41, 5.74) is 7.72. The van der Waals surface area contributed by atoms with Gasteiger partial charge in [-0.2, -0.15) is 5.26 Å². The second-order valence-corrected chi connectivity index (χ2v) is 7.31. The van der Waals surface area contributed by atoms with Crippen molar-refractivity contribution in [3.05, 3.63) is 89.3 Å². The number of hydrogen-bond donors (Lipinski definition) is 1. The maximum absolute atomic E-state index is 12.3. The highest BCUT2D eigenvalue weighted by molar-refractivity contribution is 5.74. The topological polar surface area (TPSA) is 113 Å². The lowest BCUT2D eigenvalue weighted by Gasteiger charge is -2.27. The van der Waals surface area contributed by atoms with Crippen molar-refractivity contribution in [1.82, 2.24) is 0 Å². The molecule has 8 nitrogen and oxygen atoms in total. The number of para-hydroxylation sites is 1. The van der Waals surface area contributed by atoms with Crippen LogP contribution in [-0.4, -0.2) is 26.8 Å². The average molecular weight is 458 g/mol. The zero-order valence-corrected chi connectivity index (χ0v) is 18.6. The summed E-state index contributed by atoms with van der Waals surface area (Å²) in [5, 5.41) is 9.79. The molecule has 0 fully saturated rings. The van der Waals surface area contributed by atoms with Crippen LogP contribution in [0.1, 0.15) is 17.0 Å². The number of methoxy groups -OCH3 is 2. The number of esters is 1. The van der Waals surface area contributed by atoms with Crippen molar-refractivity contribution in [2.24, 2.45) is 5.73 Å². The Kier molecular flexibility index (Phi) is 6.55. The first kappa shape index (κ1) is 22.6. The lowest BCUT2D eigenvalue weighted by atomic mass is 9.83. The lowest BCUT2D eigenvalue weighted by Crippen LogP contribution is -2.22. The van der Waals surface area contributed by atoms with Crippen LogP contribution in [0.3, 0.4) is 0 Å². The Hall–Kier alpha value is -4.64. The minimum Gasteiger partial charge on any atom is -0.497 e. The van der Waals surface area contributed by atoms with Gasteiger partial charge in [-0.3, -0.25) is 0 Å². The van der Waals surface area contributed by atoms with Gasteiger partial charge in [-0.15, -0.1) is 0 Å². The zero-order chi connectivity index (χ0) is 24.1. The third-order valence-corrected chi connectivity index (χ3v) is 5.27. The molecule has 0 saturated carbocycles. The van der Waals surface area contributed by atoms with Gasteiger partial charge in [-0.1, -0.05) is 30.3 Å². The minimum atomic E-state index is -0.575. The summed E-state index contributed by atoms with van der Waals surface area (Å²) in [7, 11) is 3.10. The molecule has 0 radical (unpaired) electrons. The van der Waals surface area contributed by atoms with E-state index in [1.165, 1.54) is 7.11 Å². The van der Waals surface area contributed by atoms with E-state index in [0.717, 1.165) is 0 Å². The maximum Gasteiger partial charge on any atom is 0.349 e. The highest BCUT2D eigenvalue weighted by atomic mass is 16.6. The van der Waals surface area contributed by atoms with Crippen molar-refractivity contribution in [3.63, 3.8) is 0 Å². The van der Waals surface area contributed by atoms with E-state index in [0.29, 0.717) is 34.1 Å². The number of benzene rings is 3. The summed E-state index contributed by atoms with van der Waals surface area (Å²) in [5.74, 6) is 1.19. The lowest BCUT2D eigenvalue weighted by molar-refractivity contribution is -0.136. The van der Waals surface area contributed by atoms with Crippen LogP contribution in [0.5, 0.6) is 28.7 Å². The average Bonchev–Trinajstić information content (AvgIpc) is 2.86. The summed E-state index contributed by atoms with van der Waals surface area (Å²) >= 11 is 0. The van der Waals surface area contributed by atoms with Crippen LogP contribution in [0, 0.1) is 11.3 Å². The molecule has 1 heterocycles. The van der Waals surface area contributed by atoms with Crippen molar-refractivity contribution in [2.45, 2.75) is 5.92 Å². The Balaban J connectivity index is 1.61. The van der Waals surface area contributed by atoms with E-state index in [4.69, 9.17) is 29.4 Å². The van der Waals surface area contributed by atoms with Gasteiger partial charge in [0.15, 0.2) is 6.61 Å². The van der Waals surface area contributed by atoms with Gasteiger partial charge < -0.3 is 29.4 Å². The SMILES string of the molecule is COc1ccc(C2C(C#N)=C(N)Oc3cc(OC(=O)COc4ccccc4)ccc32)c(OC)c1. The molecule has 0 bridgehead atoms. The standard InChI is InChI=1S/C26H22N2O6/c1-30-17-8-10-19(22(12-17)31-2)25-20-11-9-18(13-23(20)34-26(28)21(25)14-27)33-24(29)15-32-16-6-4-3-5-7-16/h3-13,25H,15,28H2,1-2H3. The van der Waals surface area contributed by atoms with Crippen LogP contribution in [0.4, 0.5) is 0 Å². The molecule has 172 valence electrons. The number of allylic oxidation sites excluding steroid dienone is 1. The molecule has 1 aliphatic rings. The summed E-state index contributed by atoms with van der Waals surface area (Å²) in [6.07, 6.45) is 0. The number of carbonyl (C=O) groups is 1. The first-order valence-electron chi connectivity index (χ1n) is 10.4. The molecule has 4 rings (SSSR count). The van der Waals surface area contributed by atoms with E-state index >= 15 is 0 Å². The number of nitrogens with two attached hydrogens (primary N) is 1.